The summed E-state index contributed by atoms with van der Waals surface area (Å²) in [5.74, 6) is 0. The van der Waals surface area contributed by atoms with Crippen molar-refractivity contribution in [2.45, 2.75) is 18.9 Å². The SMILES string of the molecule is N#CC[C@H](O)Cc1ccc2ccccc2c1. The highest BCUT2D eigenvalue weighted by Crippen LogP contribution is 2.17. The molecular weight excluding hydrogens is 198 g/mol. The van der Waals surface area contributed by atoms with Crippen LogP contribution in [0.15, 0.2) is 42.5 Å². The second kappa shape index (κ2) is 4.78. The van der Waals surface area contributed by atoms with Gasteiger partial charge in [-0.05, 0) is 22.8 Å². The van der Waals surface area contributed by atoms with Crippen molar-refractivity contribution >= 4 is 10.8 Å². The number of fused-ring (bicyclic) bond motifs is 1. The average molecular weight is 211 g/mol. The lowest BCUT2D eigenvalue weighted by atomic mass is 10.0. The number of aliphatic hydroxyl groups is 1. The quantitative estimate of drug-likeness (QED) is 0.848. The van der Waals surface area contributed by atoms with Gasteiger partial charge in [-0.1, -0.05) is 42.5 Å². The van der Waals surface area contributed by atoms with Crippen molar-refractivity contribution in [1.82, 2.24) is 0 Å². The third-order valence-corrected chi connectivity index (χ3v) is 2.61. The second-order valence-electron chi connectivity index (χ2n) is 3.90. The van der Waals surface area contributed by atoms with Crippen LogP contribution in [0.5, 0.6) is 0 Å². The first-order valence-corrected chi connectivity index (χ1v) is 5.32. The summed E-state index contributed by atoms with van der Waals surface area (Å²) in [7, 11) is 0. The third kappa shape index (κ3) is 2.39. The minimum atomic E-state index is -0.564. The number of benzene rings is 2. The molecule has 0 aromatic heterocycles. The highest BCUT2D eigenvalue weighted by Gasteiger charge is 2.05. The van der Waals surface area contributed by atoms with Gasteiger partial charge in [0, 0.05) is 0 Å². The van der Waals surface area contributed by atoms with Crippen LogP contribution >= 0.6 is 0 Å². The maximum atomic E-state index is 9.55. The van der Waals surface area contributed by atoms with E-state index < -0.39 is 6.10 Å². The Morgan fingerprint density at radius 3 is 2.62 bits per heavy atom. The first-order valence-electron chi connectivity index (χ1n) is 5.32. The van der Waals surface area contributed by atoms with Gasteiger partial charge in [0.25, 0.3) is 0 Å². The maximum Gasteiger partial charge on any atom is 0.0710 e. The summed E-state index contributed by atoms with van der Waals surface area (Å²) in [6.45, 7) is 0. The summed E-state index contributed by atoms with van der Waals surface area (Å²) >= 11 is 0. The molecule has 0 saturated heterocycles. The summed E-state index contributed by atoms with van der Waals surface area (Å²) in [6, 6.07) is 16.2. The standard InChI is InChI=1S/C14H13NO/c15-8-7-14(16)10-11-5-6-12-3-1-2-4-13(12)9-11/h1-6,9,14,16H,7,10H2/t14-/m0/s1. The minimum absolute atomic E-state index is 0.187. The third-order valence-electron chi connectivity index (χ3n) is 2.61. The van der Waals surface area contributed by atoms with Crippen molar-refractivity contribution < 1.29 is 5.11 Å². The van der Waals surface area contributed by atoms with E-state index in [0.29, 0.717) is 6.42 Å². The minimum Gasteiger partial charge on any atom is -0.392 e. The fraction of sp³-hybridized carbons (Fsp3) is 0.214. The Kier molecular flexibility index (Phi) is 3.19. The molecule has 2 aromatic rings. The van der Waals surface area contributed by atoms with Crippen LogP contribution < -0.4 is 0 Å². The van der Waals surface area contributed by atoms with Crippen LogP contribution in [0.4, 0.5) is 0 Å². The largest absolute Gasteiger partial charge is 0.392 e. The predicted molar refractivity (Wildman–Crippen MR) is 63.9 cm³/mol. The molecule has 0 saturated carbocycles. The smallest absolute Gasteiger partial charge is 0.0710 e. The molecule has 0 aliphatic heterocycles. The van der Waals surface area contributed by atoms with Crippen LogP contribution in [0.3, 0.4) is 0 Å². The van der Waals surface area contributed by atoms with Crippen LogP contribution in [-0.4, -0.2) is 11.2 Å². The van der Waals surface area contributed by atoms with E-state index in [4.69, 9.17) is 5.26 Å². The van der Waals surface area contributed by atoms with E-state index in [0.717, 1.165) is 5.56 Å². The van der Waals surface area contributed by atoms with E-state index in [9.17, 15) is 5.11 Å². The summed E-state index contributed by atoms with van der Waals surface area (Å²) < 4.78 is 0. The highest BCUT2D eigenvalue weighted by molar-refractivity contribution is 5.82. The average Bonchev–Trinajstić information content (AvgIpc) is 2.29. The van der Waals surface area contributed by atoms with Gasteiger partial charge in [0.05, 0.1) is 18.6 Å². The van der Waals surface area contributed by atoms with E-state index in [2.05, 4.69) is 18.2 Å². The van der Waals surface area contributed by atoms with Crippen molar-refractivity contribution in [1.29, 1.82) is 5.26 Å². The van der Waals surface area contributed by atoms with E-state index >= 15 is 0 Å². The first kappa shape index (κ1) is 10.7. The fourth-order valence-electron chi connectivity index (χ4n) is 1.82. The molecule has 0 radical (unpaired) electrons. The van der Waals surface area contributed by atoms with Crippen LogP contribution in [0, 0.1) is 11.3 Å². The van der Waals surface area contributed by atoms with E-state index in [1.165, 1.54) is 10.8 Å². The predicted octanol–water partition coefficient (Wildman–Crippen LogP) is 2.66. The molecule has 1 N–H and O–H groups in total. The number of aliphatic hydroxyl groups excluding tert-OH is 1. The van der Waals surface area contributed by atoms with Crippen molar-refractivity contribution in [2.75, 3.05) is 0 Å². The van der Waals surface area contributed by atoms with Gasteiger partial charge < -0.3 is 5.11 Å². The summed E-state index contributed by atoms with van der Waals surface area (Å²) in [5.41, 5.74) is 1.07. The topological polar surface area (TPSA) is 44.0 Å². The van der Waals surface area contributed by atoms with Crippen LogP contribution in [-0.2, 0) is 6.42 Å². The fourth-order valence-corrected chi connectivity index (χ4v) is 1.82. The molecule has 0 amide bonds. The van der Waals surface area contributed by atoms with E-state index in [-0.39, 0.29) is 6.42 Å². The zero-order chi connectivity index (χ0) is 11.4. The zero-order valence-electron chi connectivity index (χ0n) is 8.93. The van der Waals surface area contributed by atoms with Gasteiger partial charge in [0.15, 0.2) is 0 Å². The Morgan fingerprint density at radius 1 is 1.12 bits per heavy atom. The second-order valence-corrected chi connectivity index (χ2v) is 3.90. The molecule has 16 heavy (non-hydrogen) atoms. The van der Waals surface area contributed by atoms with Gasteiger partial charge in [-0.15, -0.1) is 0 Å². The Morgan fingerprint density at radius 2 is 1.88 bits per heavy atom. The van der Waals surface area contributed by atoms with Gasteiger partial charge in [0.1, 0.15) is 0 Å². The van der Waals surface area contributed by atoms with Crippen LogP contribution in [0.25, 0.3) is 10.8 Å². The highest BCUT2D eigenvalue weighted by atomic mass is 16.3. The van der Waals surface area contributed by atoms with Crippen molar-refractivity contribution in [3.05, 3.63) is 48.0 Å². The van der Waals surface area contributed by atoms with Gasteiger partial charge in [0.2, 0.25) is 0 Å². The molecule has 2 rings (SSSR count). The monoisotopic (exact) mass is 211 g/mol. The summed E-state index contributed by atoms with van der Waals surface area (Å²) in [6.07, 6.45) is 0.164. The first-order chi connectivity index (χ1) is 7.79. The van der Waals surface area contributed by atoms with E-state index in [1.807, 2.05) is 30.3 Å². The summed E-state index contributed by atoms with van der Waals surface area (Å²) in [4.78, 5) is 0. The van der Waals surface area contributed by atoms with Crippen molar-refractivity contribution in [3.63, 3.8) is 0 Å². The molecule has 2 aromatic carbocycles. The Labute approximate surface area is 94.8 Å². The molecule has 0 spiro atoms. The number of hydrogen-bond donors (Lipinski definition) is 1. The van der Waals surface area contributed by atoms with Gasteiger partial charge >= 0.3 is 0 Å². The lowest BCUT2D eigenvalue weighted by molar-refractivity contribution is 0.180. The normalized spacial score (nSPS) is 12.2. The number of hydrogen-bond acceptors (Lipinski definition) is 2. The number of nitriles is 1. The van der Waals surface area contributed by atoms with Gasteiger partial charge in [-0.2, -0.15) is 5.26 Å². The van der Waals surface area contributed by atoms with Crippen molar-refractivity contribution in [2.24, 2.45) is 0 Å². The molecular formula is C14H13NO. The molecule has 0 aliphatic carbocycles. The Hall–Kier alpha value is -1.85. The molecule has 0 unspecified atom stereocenters. The zero-order valence-corrected chi connectivity index (χ0v) is 8.93. The Bertz CT molecular complexity index is 527. The number of rotatable bonds is 3. The molecule has 2 heteroatoms. The molecule has 2 nitrogen and oxygen atoms in total. The molecule has 0 aliphatic rings. The van der Waals surface area contributed by atoms with E-state index in [1.54, 1.807) is 0 Å². The molecule has 80 valence electrons. The van der Waals surface area contributed by atoms with Gasteiger partial charge in [-0.3, -0.25) is 0 Å². The Balaban J connectivity index is 2.23. The molecule has 0 bridgehead atoms. The summed E-state index contributed by atoms with van der Waals surface area (Å²) in [5, 5.41) is 20.4. The maximum absolute atomic E-state index is 9.55. The lowest BCUT2D eigenvalue weighted by Crippen LogP contribution is -2.08. The van der Waals surface area contributed by atoms with Crippen molar-refractivity contribution in [3.8, 4) is 6.07 Å². The lowest BCUT2D eigenvalue weighted by Gasteiger charge is -2.07. The van der Waals surface area contributed by atoms with Crippen LogP contribution in [0.2, 0.25) is 0 Å². The molecule has 0 fully saturated rings. The van der Waals surface area contributed by atoms with Crippen LogP contribution in [0.1, 0.15) is 12.0 Å². The molecule has 0 heterocycles. The molecule has 1 atom stereocenters. The van der Waals surface area contributed by atoms with Gasteiger partial charge in [-0.25, -0.2) is 0 Å². The number of nitrogens with zero attached hydrogens (tertiary/aromatic N) is 1.